The van der Waals surface area contributed by atoms with Crippen molar-refractivity contribution in [3.8, 4) is 11.3 Å². The number of nitrogens with zero attached hydrogens (tertiary/aromatic N) is 3. The highest BCUT2D eigenvalue weighted by Gasteiger charge is 2.50. The maximum absolute atomic E-state index is 13.4. The Labute approximate surface area is 155 Å². The third kappa shape index (κ3) is 3.01. The molecule has 3 aliphatic rings. The van der Waals surface area contributed by atoms with Crippen molar-refractivity contribution in [3.63, 3.8) is 0 Å². The molecule has 7 heteroatoms. The maximum atomic E-state index is 13.4. The van der Waals surface area contributed by atoms with Crippen LogP contribution in [0.3, 0.4) is 0 Å². The van der Waals surface area contributed by atoms with Gasteiger partial charge < -0.3 is 14.3 Å². The van der Waals surface area contributed by atoms with Crippen molar-refractivity contribution in [1.82, 2.24) is 15.0 Å². The van der Waals surface area contributed by atoms with E-state index in [1.165, 1.54) is 23.5 Å². The summed E-state index contributed by atoms with van der Waals surface area (Å²) in [5.41, 5.74) is 1.13. The van der Waals surface area contributed by atoms with E-state index in [1.54, 1.807) is 23.1 Å². The molecule has 2 aliphatic carbocycles. The summed E-state index contributed by atoms with van der Waals surface area (Å²) < 4.78 is 18.6. The monoisotopic (exact) mass is 369 g/mol. The smallest absolute Gasteiger partial charge is 0.312 e. The zero-order valence-corrected chi connectivity index (χ0v) is 14.8. The minimum atomic E-state index is -0.475. The van der Waals surface area contributed by atoms with Gasteiger partial charge >= 0.3 is 11.8 Å². The van der Waals surface area contributed by atoms with Crippen LogP contribution in [0.2, 0.25) is 0 Å². The molecule has 2 saturated carbocycles. The molecule has 5 rings (SSSR count). The standard InChI is InChI=1S/C20H20FN3O3/c21-15-3-1-2-12(7-15)18-10-16(22-27-18)11-23-4-5-24(20(26)19(23)25)17-8-13-6-14(13)9-17/h1-3,7,10,13-14,17H,4-6,8-9,11H2/t13-,14+,17?. The van der Waals surface area contributed by atoms with Crippen LogP contribution in [0.4, 0.5) is 4.39 Å². The van der Waals surface area contributed by atoms with E-state index < -0.39 is 11.8 Å². The summed E-state index contributed by atoms with van der Waals surface area (Å²) in [4.78, 5) is 28.4. The van der Waals surface area contributed by atoms with Gasteiger partial charge in [-0.2, -0.15) is 0 Å². The molecule has 3 atom stereocenters. The number of benzene rings is 1. The average molecular weight is 369 g/mol. The molecular formula is C20H20FN3O3. The second-order valence-corrected chi connectivity index (χ2v) is 7.80. The van der Waals surface area contributed by atoms with Crippen LogP contribution in [0.25, 0.3) is 11.3 Å². The predicted octanol–water partition coefficient (Wildman–Crippen LogP) is 2.45. The minimum Gasteiger partial charge on any atom is -0.356 e. The van der Waals surface area contributed by atoms with Gasteiger partial charge in [0.25, 0.3) is 0 Å². The van der Waals surface area contributed by atoms with Crippen molar-refractivity contribution in [2.45, 2.75) is 31.8 Å². The Hall–Kier alpha value is -2.70. The van der Waals surface area contributed by atoms with Crippen LogP contribution in [0, 0.1) is 17.7 Å². The number of carbonyl (C=O) groups is 2. The highest BCUT2D eigenvalue weighted by Crippen LogP contribution is 2.53. The van der Waals surface area contributed by atoms with Crippen molar-refractivity contribution in [2.24, 2.45) is 11.8 Å². The SMILES string of the molecule is O=C1C(=O)N(C2C[C@@H]3C[C@@H]3C2)CCN1Cc1cc(-c2cccc(F)c2)on1. The van der Waals surface area contributed by atoms with E-state index in [2.05, 4.69) is 5.16 Å². The highest BCUT2D eigenvalue weighted by molar-refractivity contribution is 6.35. The summed E-state index contributed by atoms with van der Waals surface area (Å²) in [6, 6.07) is 7.97. The molecule has 0 bridgehead atoms. The van der Waals surface area contributed by atoms with E-state index in [0.717, 1.165) is 24.7 Å². The number of fused-ring (bicyclic) bond motifs is 1. The number of halogens is 1. The highest BCUT2D eigenvalue weighted by atomic mass is 19.1. The van der Waals surface area contributed by atoms with Crippen LogP contribution >= 0.6 is 0 Å². The third-order valence-corrected chi connectivity index (χ3v) is 6.02. The Morgan fingerprint density at radius 3 is 2.67 bits per heavy atom. The van der Waals surface area contributed by atoms with Gasteiger partial charge in [-0.05, 0) is 43.2 Å². The van der Waals surface area contributed by atoms with E-state index in [4.69, 9.17) is 4.52 Å². The third-order valence-electron chi connectivity index (χ3n) is 6.02. The number of carbonyl (C=O) groups excluding carboxylic acids is 2. The molecule has 1 aromatic heterocycles. The summed E-state index contributed by atoms with van der Waals surface area (Å²) in [6.07, 6.45) is 3.38. The lowest BCUT2D eigenvalue weighted by Crippen LogP contribution is -2.56. The molecule has 0 radical (unpaired) electrons. The summed E-state index contributed by atoms with van der Waals surface area (Å²) in [7, 11) is 0. The fourth-order valence-electron chi connectivity index (χ4n) is 4.49. The van der Waals surface area contributed by atoms with Crippen molar-refractivity contribution in [1.29, 1.82) is 0 Å². The lowest BCUT2D eigenvalue weighted by atomic mass is 10.1. The fourth-order valence-corrected chi connectivity index (χ4v) is 4.49. The Morgan fingerprint density at radius 2 is 1.89 bits per heavy atom. The number of rotatable bonds is 4. The van der Waals surface area contributed by atoms with Gasteiger partial charge in [-0.25, -0.2) is 4.39 Å². The topological polar surface area (TPSA) is 66.7 Å². The first-order valence-corrected chi connectivity index (χ1v) is 9.40. The van der Waals surface area contributed by atoms with Crippen LogP contribution in [-0.4, -0.2) is 45.9 Å². The molecule has 3 fully saturated rings. The zero-order chi connectivity index (χ0) is 18.5. The second kappa shape index (κ2) is 6.18. The van der Waals surface area contributed by atoms with Crippen molar-refractivity contribution in [3.05, 3.63) is 41.8 Å². The molecule has 2 heterocycles. The van der Waals surface area contributed by atoms with Crippen LogP contribution in [0.1, 0.15) is 25.0 Å². The van der Waals surface area contributed by atoms with Gasteiger partial charge in [0.05, 0.1) is 6.54 Å². The number of hydrogen-bond donors (Lipinski definition) is 0. The van der Waals surface area contributed by atoms with Gasteiger partial charge in [0.2, 0.25) is 0 Å². The largest absolute Gasteiger partial charge is 0.356 e. The molecule has 140 valence electrons. The Kier molecular flexibility index (Phi) is 3.77. The molecule has 1 aromatic carbocycles. The molecule has 27 heavy (non-hydrogen) atoms. The van der Waals surface area contributed by atoms with Crippen LogP contribution < -0.4 is 0 Å². The molecule has 0 spiro atoms. The number of aromatic nitrogens is 1. The lowest BCUT2D eigenvalue weighted by molar-refractivity contribution is -0.158. The van der Waals surface area contributed by atoms with Crippen molar-refractivity contribution < 1.29 is 18.5 Å². The van der Waals surface area contributed by atoms with Gasteiger partial charge in [0.15, 0.2) is 5.76 Å². The van der Waals surface area contributed by atoms with Gasteiger partial charge in [-0.1, -0.05) is 17.3 Å². The molecule has 2 aromatic rings. The number of amides is 2. The minimum absolute atomic E-state index is 0.215. The van der Waals surface area contributed by atoms with Crippen molar-refractivity contribution in [2.75, 3.05) is 13.1 Å². The molecule has 1 aliphatic heterocycles. The molecule has 6 nitrogen and oxygen atoms in total. The lowest BCUT2D eigenvalue weighted by Gasteiger charge is -2.37. The number of piperazine rings is 1. The van der Waals surface area contributed by atoms with Gasteiger partial charge in [-0.15, -0.1) is 0 Å². The van der Waals surface area contributed by atoms with E-state index >= 15 is 0 Å². The first-order valence-electron chi connectivity index (χ1n) is 9.40. The summed E-state index contributed by atoms with van der Waals surface area (Å²) in [6.45, 7) is 1.29. The maximum Gasteiger partial charge on any atom is 0.312 e. The molecule has 1 saturated heterocycles. The van der Waals surface area contributed by atoms with Crippen LogP contribution in [0.5, 0.6) is 0 Å². The van der Waals surface area contributed by atoms with Gasteiger partial charge in [0, 0.05) is 30.8 Å². The fraction of sp³-hybridized carbons (Fsp3) is 0.450. The predicted molar refractivity (Wildman–Crippen MR) is 93.6 cm³/mol. The van der Waals surface area contributed by atoms with E-state index in [1.807, 2.05) is 0 Å². The summed E-state index contributed by atoms with van der Waals surface area (Å²) >= 11 is 0. The first kappa shape index (κ1) is 16.5. The second-order valence-electron chi connectivity index (χ2n) is 7.80. The van der Waals surface area contributed by atoms with Crippen LogP contribution in [0.15, 0.2) is 34.9 Å². The Balaban J connectivity index is 1.25. The number of hydrogen-bond acceptors (Lipinski definition) is 4. The summed E-state index contributed by atoms with van der Waals surface area (Å²) in [5, 5.41) is 3.97. The normalized spacial score (nSPS) is 27.2. The average Bonchev–Trinajstić information content (AvgIpc) is 3.06. The van der Waals surface area contributed by atoms with Crippen molar-refractivity contribution >= 4 is 11.8 Å². The Bertz CT molecular complexity index is 901. The quantitative estimate of drug-likeness (QED) is 0.777. The van der Waals surface area contributed by atoms with E-state index in [-0.39, 0.29) is 18.4 Å². The van der Waals surface area contributed by atoms with E-state index in [9.17, 15) is 14.0 Å². The Morgan fingerprint density at radius 1 is 1.07 bits per heavy atom. The van der Waals surface area contributed by atoms with Crippen LogP contribution in [-0.2, 0) is 16.1 Å². The summed E-state index contributed by atoms with van der Waals surface area (Å²) in [5.74, 6) is 0.747. The van der Waals surface area contributed by atoms with Gasteiger partial charge in [-0.3, -0.25) is 9.59 Å². The zero-order valence-electron chi connectivity index (χ0n) is 14.8. The van der Waals surface area contributed by atoms with Gasteiger partial charge in [0.1, 0.15) is 11.5 Å². The first-order chi connectivity index (χ1) is 13.1. The molecule has 1 unspecified atom stereocenters. The molecular weight excluding hydrogens is 349 g/mol. The van der Waals surface area contributed by atoms with E-state index in [0.29, 0.717) is 30.1 Å². The molecule has 2 amide bonds. The molecule has 0 N–H and O–H groups in total.